The lowest BCUT2D eigenvalue weighted by atomic mass is 10.1. The number of carbonyl (C=O) groups excluding carboxylic acids is 1. The van der Waals surface area contributed by atoms with E-state index in [0.29, 0.717) is 22.3 Å². The number of ether oxygens (including phenoxy) is 1. The summed E-state index contributed by atoms with van der Waals surface area (Å²) in [6.45, 7) is 1.87. The van der Waals surface area contributed by atoms with Crippen molar-refractivity contribution < 1.29 is 31.1 Å². The summed E-state index contributed by atoms with van der Waals surface area (Å²) in [4.78, 5) is 23.1. The molecule has 2 saturated heterocycles. The second-order valence-corrected chi connectivity index (χ2v) is 12.7. The quantitative estimate of drug-likeness (QED) is 0.401. The van der Waals surface area contributed by atoms with Crippen molar-refractivity contribution in [2.45, 2.75) is 43.8 Å². The van der Waals surface area contributed by atoms with Crippen LogP contribution in [0.4, 0.5) is 19.0 Å². The van der Waals surface area contributed by atoms with E-state index in [1.54, 1.807) is 11.0 Å². The topological polar surface area (TPSA) is 148 Å². The average molecular weight is 583 g/mol. The number of nitrogen functional groups attached to an aromatic ring is 1. The molecule has 2 fully saturated rings. The second-order valence-electron chi connectivity index (χ2n) is 10.2. The maximum absolute atomic E-state index is 14.8. The lowest BCUT2D eigenvalue weighted by Gasteiger charge is -2.38. The van der Waals surface area contributed by atoms with Crippen LogP contribution in [0.25, 0.3) is 16.8 Å². The minimum atomic E-state index is -3.70. The zero-order valence-corrected chi connectivity index (χ0v) is 22.8. The molecule has 12 nitrogen and oxygen atoms in total. The van der Waals surface area contributed by atoms with E-state index >= 15 is 0 Å². The van der Waals surface area contributed by atoms with Crippen LogP contribution in [0.15, 0.2) is 24.7 Å². The van der Waals surface area contributed by atoms with Gasteiger partial charge in [0.15, 0.2) is 5.82 Å². The first-order chi connectivity index (χ1) is 18.8. The van der Waals surface area contributed by atoms with E-state index in [0.717, 1.165) is 4.31 Å². The van der Waals surface area contributed by atoms with Crippen LogP contribution in [0.5, 0.6) is 5.88 Å². The maximum atomic E-state index is 14.8. The highest BCUT2D eigenvalue weighted by Crippen LogP contribution is 2.34. The Morgan fingerprint density at radius 2 is 1.98 bits per heavy atom. The fraction of sp³-hybridized carbons (Fsp3) is 0.500. The molecule has 3 aromatic rings. The molecule has 1 amide bonds. The van der Waals surface area contributed by atoms with Gasteiger partial charge in [0.25, 0.3) is 11.8 Å². The van der Waals surface area contributed by atoms with Crippen molar-refractivity contribution >= 4 is 27.3 Å². The smallest absolute Gasteiger partial charge is 0.272 e. The van der Waals surface area contributed by atoms with E-state index in [2.05, 4.69) is 20.4 Å². The van der Waals surface area contributed by atoms with Crippen molar-refractivity contribution in [3.05, 3.63) is 35.8 Å². The molecule has 0 spiro atoms. The number of fused-ring (bicyclic) bond motifs is 1. The summed E-state index contributed by atoms with van der Waals surface area (Å²) in [7, 11) is -2.37. The van der Waals surface area contributed by atoms with Crippen molar-refractivity contribution in [2.24, 2.45) is 0 Å². The third-order valence-corrected chi connectivity index (χ3v) is 9.25. The van der Waals surface area contributed by atoms with Gasteiger partial charge in [-0.1, -0.05) is 0 Å². The first-order valence-corrected chi connectivity index (χ1v) is 14.0. The number of hydrogen-bond donors (Lipinski definition) is 2. The van der Waals surface area contributed by atoms with Gasteiger partial charge < -0.3 is 15.8 Å². The Bertz CT molecular complexity index is 1560. The zero-order chi connectivity index (χ0) is 29.0. The van der Waals surface area contributed by atoms with Crippen molar-refractivity contribution in [3.63, 3.8) is 0 Å². The van der Waals surface area contributed by atoms with Gasteiger partial charge in [-0.3, -0.25) is 9.69 Å². The molecule has 5 heterocycles. The number of likely N-dealkylation sites (tertiary alicyclic amines) is 1. The standard InChI is InChI=1S/C24H29F3N8O4S/c1-13(2)40(37,38)34-8-17(25)18(9-34)32-22(36)16-4-14(6-29-23(16)39-3)19-5-15(7-33-10-24(26,27)11-33)20-21(28)30-12-31-35(19)20/h4-6,12-13,17-18H,7-11H2,1-3H3,(H,32,36)(H2,28,30,31)/t17-,18+/m0/s1. The highest BCUT2D eigenvalue weighted by molar-refractivity contribution is 7.89. The number of nitrogens with one attached hydrogen (secondary N) is 1. The van der Waals surface area contributed by atoms with Crippen LogP contribution in [-0.2, 0) is 16.6 Å². The van der Waals surface area contributed by atoms with Crippen LogP contribution in [0.3, 0.4) is 0 Å². The largest absolute Gasteiger partial charge is 0.480 e. The maximum Gasteiger partial charge on any atom is 0.272 e. The van der Waals surface area contributed by atoms with Crippen LogP contribution < -0.4 is 15.8 Å². The van der Waals surface area contributed by atoms with Gasteiger partial charge in [0, 0.05) is 31.4 Å². The number of sulfonamides is 1. The highest BCUT2D eigenvalue weighted by atomic mass is 32.2. The Hall–Kier alpha value is -3.50. The number of halogens is 3. The first kappa shape index (κ1) is 28.0. The lowest BCUT2D eigenvalue weighted by molar-refractivity contribution is -0.133. The molecule has 0 saturated carbocycles. The fourth-order valence-corrected chi connectivity index (χ4v) is 6.28. The summed E-state index contributed by atoms with van der Waals surface area (Å²) in [5.41, 5.74) is 8.03. The zero-order valence-electron chi connectivity index (χ0n) is 22.0. The van der Waals surface area contributed by atoms with Crippen LogP contribution in [0.1, 0.15) is 29.8 Å². The summed E-state index contributed by atoms with van der Waals surface area (Å²) in [5, 5.41) is 6.10. The summed E-state index contributed by atoms with van der Waals surface area (Å²) in [6, 6.07) is 2.12. The molecule has 0 aliphatic carbocycles. The van der Waals surface area contributed by atoms with E-state index in [-0.39, 0.29) is 50.0 Å². The predicted octanol–water partition coefficient (Wildman–Crippen LogP) is 1.32. The van der Waals surface area contributed by atoms with Gasteiger partial charge in [0.1, 0.15) is 23.6 Å². The first-order valence-electron chi connectivity index (χ1n) is 12.5. The molecule has 16 heteroatoms. The molecule has 3 aromatic heterocycles. The Morgan fingerprint density at radius 3 is 2.62 bits per heavy atom. The van der Waals surface area contributed by atoms with Gasteiger partial charge in [-0.15, -0.1) is 0 Å². The molecule has 0 radical (unpaired) electrons. The van der Waals surface area contributed by atoms with Crippen molar-refractivity contribution in [1.29, 1.82) is 0 Å². The van der Waals surface area contributed by atoms with E-state index in [9.17, 15) is 26.4 Å². The highest BCUT2D eigenvalue weighted by Gasteiger charge is 2.44. The molecular weight excluding hydrogens is 553 g/mol. The third-order valence-electron chi connectivity index (χ3n) is 7.04. The van der Waals surface area contributed by atoms with Crippen LogP contribution in [0.2, 0.25) is 0 Å². The number of methoxy groups -OCH3 is 1. The molecule has 2 aliphatic heterocycles. The fourth-order valence-electron chi connectivity index (χ4n) is 4.97. The number of rotatable bonds is 8. The minimum absolute atomic E-state index is 0.0155. The van der Waals surface area contributed by atoms with E-state index in [4.69, 9.17) is 10.5 Å². The number of nitrogens with two attached hydrogens (primary N) is 1. The van der Waals surface area contributed by atoms with Crippen LogP contribution in [-0.4, -0.2) is 99.8 Å². The predicted molar refractivity (Wildman–Crippen MR) is 139 cm³/mol. The Morgan fingerprint density at radius 1 is 1.25 bits per heavy atom. The SMILES string of the molecule is COc1ncc(-c2cc(CN3CC(F)(F)C3)c3c(N)ncnn23)cc1C(=O)N[C@@H]1CN(S(=O)(=O)C(C)C)C[C@@H]1F. The van der Waals surface area contributed by atoms with E-state index in [1.165, 1.54) is 44.1 Å². The molecule has 2 aliphatic rings. The van der Waals surface area contributed by atoms with Gasteiger partial charge in [-0.05, 0) is 31.5 Å². The number of nitrogens with zero attached hydrogens (tertiary/aromatic N) is 6. The number of hydrogen-bond acceptors (Lipinski definition) is 9. The molecule has 0 aromatic carbocycles. The molecular formula is C24H29F3N8O4S. The Kier molecular flexibility index (Phi) is 7.12. The summed E-state index contributed by atoms with van der Waals surface area (Å²) < 4.78 is 74.4. The Labute approximate surface area is 228 Å². The second kappa shape index (κ2) is 10.2. The van der Waals surface area contributed by atoms with Crippen LogP contribution >= 0.6 is 0 Å². The molecule has 40 heavy (non-hydrogen) atoms. The number of aromatic nitrogens is 4. The van der Waals surface area contributed by atoms with Gasteiger partial charge in [0.05, 0.1) is 37.2 Å². The molecule has 0 unspecified atom stereocenters. The van der Waals surface area contributed by atoms with E-state index in [1.807, 2.05) is 0 Å². The molecule has 2 atom stereocenters. The summed E-state index contributed by atoms with van der Waals surface area (Å²) in [6.07, 6.45) is 1.09. The monoisotopic (exact) mass is 582 g/mol. The number of carbonyl (C=O) groups is 1. The number of amides is 1. The van der Waals surface area contributed by atoms with Gasteiger partial charge in [-0.25, -0.2) is 36.1 Å². The average Bonchev–Trinajstić information content (AvgIpc) is 3.44. The van der Waals surface area contributed by atoms with Crippen molar-refractivity contribution in [1.82, 2.24) is 34.1 Å². The van der Waals surface area contributed by atoms with Crippen molar-refractivity contribution in [3.8, 4) is 17.1 Å². The molecule has 216 valence electrons. The number of alkyl halides is 3. The van der Waals surface area contributed by atoms with Gasteiger partial charge in [-0.2, -0.15) is 9.40 Å². The lowest BCUT2D eigenvalue weighted by Crippen LogP contribution is -2.55. The number of pyridine rings is 1. The number of anilines is 1. The van der Waals surface area contributed by atoms with Crippen molar-refractivity contribution in [2.75, 3.05) is 39.0 Å². The normalized spacial score (nSPS) is 21.6. The Balaban J connectivity index is 1.45. The van der Waals surface area contributed by atoms with Gasteiger partial charge in [0.2, 0.25) is 15.9 Å². The third kappa shape index (κ3) is 5.06. The summed E-state index contributed by atoms with van der Waals surface area (Å²) in [5.74, 6) is -3.32. The summed E-state index contributed by atoms with van der Waals surface area (Å²) >= 11 is 0. The molecule has 3 N–H and O–H groups in total. The molecule has 0 bridgehead atoms. The minimum Gasteiger partial charge on any atom is -0.480 e. The van der Waals surface area contributed by atoms with E-state index < -0.39 is 39.3 Å². The molecule has 5 rings (SSSR count). The van der Waals surface area contributed by atoms with Gasteiger partial charge >= 0.3 is 0 Å². The van der Waals surface area contributed by atoms with Crippen LogP contribution in [0, 0.1) is 0 Å².